The lowest BCUT2D eigenvalue weighted by Crippen LogP contribution is -2.34. The fraction of sp³-hybridized carbons (Fsp3) is 0.857. The van der Waals surface area contributed by atoms with Gasteiger partial charge in [0.25, 0.3) is 0 Å². The van der Waals surface area contributed by atoms with Crippen LogP contribution in [-0.4, -0.2) is 31.6 Å². The van der Waals surface area contributed by atoms with Gasteiger partial charge in [-0.05, 0) is 57.7 Å². The van der Waals surface area contributed by atoms with Crippen molar-refractivity contribution < 1.29 is 4.84 Å². The second-order valence-electron chi connectivity index (χ2n) is 5.02. The summed E-state index contributed by atoms with van der Waals surface area (Å²) in [6.07, 6.45) is 7.55. The molecule has 0 unspecified atom stereocenters. The second-order valence-corrected chi connectivity index (χ2v) is 5.02. The van der Waals surface area contributed by atoms with Crippen molar-refractivity contribution in [2.24, 2.45) is 5.92 Å². The summed E-state index contributed by atoms with van der Waals surface area (Å²) in [5, 5.41) is 0. The van der Waals surface area contributed by atoms with Crippen molar-refractivity contribution in [3.63, 3.8) is 0 Å². The molecule has 0 amide bonds. The Kier molecular flexibility index (Phi) is 7.29. The molecule has 0 radical (unpaired) electrons. The third-order valence-corrected chi connectivity index (χ3v) is 3.56. The number of allylic oxidation sites excluding steroid dienone is 1. The monoisotopic (exact) mass is 240 g/mol. The zero-order valence-corrected chi connectivity index (χ0v) is 11.5. The van der Waals surface area contributed by atoms with Gasteiger partial charge in [0, 0.05) is 13.5 Å². The topological polar surface area (TPSA) is 24.5 Å². The van der Waals surface area contributed by atoms with Crippen molar-refractivity contribution in [1.82, 2.24) is 10.4 Å². The van der Waals surface area contributed by atoms with Crippen LogP contribution < -0.4 is 5.48 Å². The molecule has 1 aliphatic heterocycles. The van der Waals surface area contributed by atoms with Crippen LogP contribution in [0.2, 0.25) is 0 Å². The van der Waals surface area contributed by atoms with Crippen LogP contribution in [0, 0.1) is 5.92 Å². The molecule has 3 heteroatoms. The average molecular weight is 240 g/mol. The van der Waals surface area contributed by atoms with Gasteiger partial charge >= 0.3 is 0 Å². The molecule has 0 aromatic rings. The molecular weight excluding hydrogens is 212 g/mol. The molecule has 1 aliphatic rings. The Hall–Kier alpha value is -0.540. The highest BCUT2D eigenvalue weighted by atomic mass is 16.6. The predicted molar refractivity (Wildman–Crippen MR) is 72.6 cm³/mol. The molecule has 0 aliphatic carbocycles. The molecule has 1 rings (SSSR count). The van der Waals surface area contributed by atoms with Crippen molar-refractivity contribution in [3.05, 3.63) is 12.3 Å². The molecule has 0 bridgehead atoms. The van der Waals surface area contributed by atoms with Gasteiger partial charge in [0.05, 0.1) is 0 Å². The summed E-state index contributed by atoms with van der Waals surface area (Å²) < 4.78 is 0. The number of nitrogens with zero attached hydrogens (tertiary/aromatic N) is 1. The fourth-order valence-electron chi connectivity index (χ4n) is 2.60. The first kappa shape index (κ1) is 14.5. The van der Waals surface area contributed by atoms with Crippen LogP contribution >= 0.6 is 0 Å². The van der Waals surface area contributed by atoms with Gasteiger partial charge in [-0.3, -0.25) is 0 Å². The lowest BCUT2D eigenvalue weighted by molar-refractivity contribution is 0.117. The van der Waals surface area contributed by atoms with Crippen molar-refractivity contribution >= 4 is 0 Å². The molecule has 1 fully saturated rings. The first-order valence-corrected chi connectivity index (χ1v) is 7.00. The van der Waals surface area contributed by atoms with E-state index < -0.39 is 0 Å². The van der Waals surface area contributed by atoms with Crippen LogP contribution in [0.15, 0.2) is 12.3 Å². The lowest BCUT2D eigenvalue weighted by Gasteiger charge is -2.31. The minimum absolute atomic E-state index is 0.857. The van der Waals surface area contributed by atoms with Crippen molar-refractivity contribution in [1.29, 1.82) is 0 Å². The van der Waals surface area contributed by atoms with Gasteiger partial charge in [-0.2, -0.15) is 5.48 Å². The highest BCUT2D eigenvalue weighted by Gasteiger charge is 2.17. The summed E-state index contributed by atoms with van der Waals surface area (Å²) >= 11 is 0. The standard InChI is InChI=1S/C14H28N2O/c1-4-10-16-11-8-14(9-12-16)7-5-6-13(2)17-15-3/h14-15H,2,4-12H2,1,3H3. The van der Waals surface area contributed by atoms with Gasteiger partial charge in [0.15, 0.2) is 0 Å². The molecule has 3 nitrogen and oxygen atoms in total. The molecule has 0 spiro atoms. The third-order valence-electron chi connectivity index (χ3n) is 3.56. The normalized spacial score (nSPS) is 18.2. The maximum atomic E-state index is 5.13. The van der Waals surface area contributed by atoms with Crippen molar-refractivity contribution in [3.8, 4) is 0 Å². The fourth-order valence-corrected chi connectivity index (χ4v) is 2.60. The van der Waals surface area contributed by atoms with E-state index >= 15 is 0 Å². The minimum atomic E-state index is 0.857. The zero-order chi connectivity index (χ0) is 12.5. The molecule has 100 valence electrons. The van der Waals surface area contributed by atoms with Crippen LogP contribution in [0.3, 0.4) is 0 Å². The Labute approximate surface area is 106 Å². The molecular formula is C14H28N2O. The summed E-state index contributed by atoms with van der Waals surface area (Å²) in [5.41, 5.74) is 2.67. The van der Waals surface area contributed by atoms with Crippen LogP contribution in [0.4, 0.5) is 0 Å². The van der Waals surface area contributed by atoms with Gasteiger partial charge in [0.2, 0.25) is 0 Å². The molecule has 1 heterocycles. The van der Waals surface area contributed by atoms with E-state index in [4.69, 9.17) is 4.84 Å². The second kappa shape index (κ2) is 8.54. The summed E-state index contributed by atoms with van der Waals surface area (Å²) in [6.45, 7) is 10.0. The molecule has 17 heavy (non-hydrogen) atoms. The molecule has 1 saturated heterocycles. The lowest BCUT2D eigenvalue weighted by atomic mass is 9.91. The van der Waals surface area contributed by atoms with E-state index in [1.165, 1.54) is 51.7 Å². The molecule has 0 aromatic heterocycles. The van der Waals surface area contributed by atoms with Gasteiger partial charge in [-0.1, -0.05) is 13.5 Å². The van der Waals surface area contributed by atoms with Crippen LogP contribution in [0.1, 0.15) is 45.4 Å². The largest absolute Gasteiger partial charge is 0.414 e. The van der Waals surface area contributed by atoms with E-state index in [-0.39, 0.29) is 0 Å². The highest BCUT2D eigenvalue weighted by Crippen LogP contribution is 2.23. The van der Waals surface area contributed by atoms with Gasteiger partial charge in [-0.15, -0.1) is 0 Å². The Morgan fingerprint density at radius 2 is 2.12 bits per heavy atom. The summed E-state index contributed by atoms with van der Waals surface area (Å²) in [5.74, 6) is 1.78. The Balaban J connectivity index is 2.04. The number of likely N-dealkylation sites (tertiary alicyclic amines) is 1. The highest BCUT2D eigenvalue weighted by molar-refractivity contribution is 4.82. The van der Waals surface area contributed by atoms with Crippen molar-refractivity contribution in [2.75, 3.05) is 26.7 Å². The first-order valence-electron chi connectivity index (χ1n) is 7.00. The molecule has 0 aromatic carbocycles. The number of hydroxylamine groups is 1. The number of piperidine rings is 1. The van der Waals surface area contributed by atoms with Gasteiger partial charge in [-0.25, -0.2) is 0 Å². The first-order chi connectivity index (χ1) is 8.26. The van der Waals surface area contributed by atoms with Gasteiger partial charge in [0.1, 0.15) is 5.76 Å². The predicted octanol–water partition coefficient (Wildman–Crippen LogP) is 2.94. The Morgan fingerprint density at radius 1 is 1.41 bits per heavy atom. The van der Waals surface area contributed by atoms with E-state index in [1.807, 2.05) is 0 Å². The summed E-state index contributed by atoms with van der Waals surface area (Å²) in [7, 11) is 1.77. The smallest absolute Gasteiger partial charge is 0.117 e. The van der Waals surface area contributed by atoms with E-state index in [2.05, 4.69) is 23.9 Å². The number of nitrogens with one attached hydrogen (secondary N) is 1. The quantitative estimate of drug-likeness (QED) is 0.521. The molecule has 0 atom stereocenters. The SMILES string of the molecule is C=C(CCCC1CCN(CCC)CC1)ONC. The maximum absolute atomic E-state index is 5.13. The van der Waals surface area contributed by atoms with Crippen molar-refractivity contribution in [2.45, 2.75) is 45.4 Å². The van der Waals surface area contributed by atoms with E-state index in [9.17, 15) is 0 Å². The number of rotatable bonds is 8. The average Bonchev–Trinajstić information content (AvgIpc) is 2.32. The van der Waals surface area contributed by atoms with E-state index in [1.54, 1.807) is 7.05 Å². The van der Waals surface area contributed by atoms with E-state index in [0.717, 1.165) is 18.1 Å². The third kappa shape index (κ3) is 6.08. The Bertz CT molecular complexity index is 210. The zero-order valence-electron chi connectivity index (χ0n) is 11.5. The Morgan fingerprint density at radius 3 is 2.71 bits per heavy atom. The van der Waals surface area contributed by atoms with Gasteiger partial charge < -0.3 is 9.74 Å². The van der Waals surface area contributed by atoms with Crippen LogP contribution in [-0.2, 0) is 4.84 Å². The van der Waals surface area contributed by atoms with Crippen LogP contribution in [0.5, 0.6) is 0 Å². The number of hydrogen-bond acceptors (Lipinski definition) is 3. The molecule has 1 N–H and O–H groups in total. The summed E-state index contributed by atoms with van der Waals surface area (Å²) in [4.78, 5) is 7.72. The van der Waals surface area contributed by atoms with Crippen LogP contribution in [0.25, 0.3) is 0 Å². The molecule has 0 saturated carbocycles. The maximum Gasteiger partial charge on any atom is 0.117 e. The minimum Gasteiger partial charge on any atom is -0.414 e. The van der Waals surface area contributed by atoms with E-state index in [0.29, 0.717) is 0 Å². The number of hydrogen-bond donors (Lipinski definition) is 1. The summed E-state index contributed by atoms with van der Waals surface area (Å²) in [6, 6.07) is 0.